The maximum absolute atomic E-state index is 13.3. The van der Waals surface area contributed by atoms with Gasteiger partial charge in [0.1, 0.15) is 11.6 Å². The fourth-order valence-corrected chi connectivity index (χ4v) is 4.00. The van der Waals surface area contributed by atoms with Gasteiger partial charge in [-0.2, -0.15) is 0 Å². The number of aromatic nitrogens is 1. The van der Waals surface area contributed by atoms with Crippen molar-refractivity contribution in [2.24, 2.45) is 0 Å². The Bertz CT molecular complexity index is 1090. The molecule has 6 heteroatoms. The molecule has 4 rings (SSSR count). The molecule has 0 unspecified atom stereocenters. The number of nitrogens with one attached hydrogen (secondary N) is 1. The number of rotatable bonds is 5. The summed E-state index contributed by atoms with van der Waals surface area (Å²) in [4.78, 5) is 30.5. The van der Waals surface area contributed by atoms with E-state index in [2.05, 4.69) is 4.98 Å². The molecule has 0 atom stereocenters. The largest absolute Gasteiger partial charge is 0.497 e. The topological polar surface area (TPSA) is 62.4 Å². The lowest BCUT2D eigenvalue weighted by Gasteiger charge is -2.29. The van der Waals surface area contributed by atoms with E-state index in [0.717, 1.165) is 36.6 Å². The molecule has 1 N–H and O–H groups in total. The fourth-order valence-electron chi connectivity index (χ4n) is 4.00. The van der Waals surface area contributed by atoms with E-state index in [1.807, 2.05) is 12.1 Å². The quantitative estimate of drug-likeness (QED) is 0.703. The lowest BCUT2D eigenvalue weighted by Crippen LogP contribution is -2.39. The molecule has 1 heterocycles. The third kappa shape index (κ3) is 4.01. The number of benzene rings is 2. The van der Waals surface area contributed by atoms with Crippen molar-refractivity contribution >= 4 is 16.8 Å². The van der Waals surface area contributed by atoms with Crippen molar-refractivity contribution in [1.82, 2.24) is 9.88 Å². The molecule has 3 aromatic rings. The average molecular weight is 394 g/mol. The SMILES string of the molecule is COc1ccc2[nH]c(=O)c(CN(C(=O)c3ccc(F)cc3)C3CCCC3)cc2c1. The van der Waals surface area contributed by atoms with Crippen molar-refractivity contribution in [3.63, 3.8) is 0 Å². The number of H-pyrrole nitrogens is 1. The van der Waals surface area contributed by atoms with Crippen molar-refractivity contribution in [1.29, 1.82) is 0 Å². The summed E-state index contributed by atoms with van der Waals surface area (Å²) in [5.41, 5.74) is 1.46. The van der Waals surface area contributed by atoms with Crippen LogP contribution in [0.25, 0.3) is 10.9 Å². The first-order valence-electron chi connectivity index (χ1n) is 9.81. The van der Waals surface area contributed by atoms with Crippen LogP contribution < -0.4 is 10.3 Å². The van der Waals surface area contributed by atoms with Gasteiger partial charge in [0.2, 0.25) is 0 Å². The standard InChI is InChI=1S/C23H23FN2O3/c1-29-20-10-11-21-16(13-20)12-17(22(27)25-21)14-26(19-4-2-3-5-19)23(28)15-6-8-18(24)9-7-15/h6-13,19H,2-5,14H2,1H3,(H,25,27). The molecule has 1 fully saturated rings. The van der Waals surface area contributed by atoms with E-state index in [0.29, 0.717) is 16.9 Å². The number of carbonyl (C=O) groups excluding carboxylic acids is 1. The molecule has 0 saturated heterocycles. The molecule has 5 nitrogen and oxygen atoms in total. The maximum atomic E-state index is 13.3. The lowest BCUT2D eigenvalue weighted by atomic mass is 10.1. The van der Waals surface area contributed by atoms with Crippen molar-refractivity contribution < 1.29 is 13.9 Å². The number of amides is 1. The second-order valence-electron chi connectivity index (χ2n) is 7.46. The highest BCUT2D eigenvalue weighted by Crippen LogP contribution is 2.27. The highest BCUT2D eigenvalue weighted by atomic mass is 19.1. The molecule has 150 valence electrons. The predicted octanol–water partition coefficient (Wildman–Crippen LogP) is 4.26. The van der Waals surface area contributed by atoms with Crippen LogP contribution in [-0.2, 0) is 6.54 Å². The van der Waals surface area contributed by atoms with Crippen molar-refractivity contribution in [2.45, 2.75) is 38.3 Å². The number of fused-ring (bicyclic) bond motifs is 1. The van der Waals surface area contributed by atoms with E-state index < -0.39 is 0 Å². The molecular weight excluding hydrogens is 371 g/mol. The average Bonchev–Trinajstić information content (AvgIpc) is 3.26. The van der Waals surface area contributed by atoms with Gasteiger partial charge in [-0.3, -0.25) is 9.59 Å². The molecule has 1 aliphatic carbocycles. The number of methoxy groups -OCH3 is 1. The van der Waals surface area contributed by atoms with Crippen LogP contribution in [0.3, 0.4) is 0 Å². The van der Waals surface area contributed by atoms with Crippen LogP contribution in [-0.4, -0.2) is 28.9 Å². The van der Waals surface area contributed by atoms with Gasteiger partial charge in [0.15, 0.2) is 0 Å². The Hall–Kier alpha value is -3.15. The Labute approximate surface area is 168 Å². The monoisotopic (exact) mass is 394 g/mol. The van der Waals surface area contributed by atoms with Gasteiger partial charge in [0.25, 0.3) is 11.5 Å². The summed E-state index contributed by atoms with van der Waals surface area (Å²) in [5.74, 6) is 0.140. The summed E-state index contributed by atoms with van der Waals surface area (Å²) in [5, 5.41) is 0.847. The van der Waals surface area contributed by atoms with Crippen LogP contribution in [0.15, 0.2) is 53.3 Å². The van der Waals surface area contributed by atoms with Gasteiger partial charge in [-0.25, -0.2) is 4.39 Å². The van der Waals surface area contributed by atoms with Gasteiger partial charge >= 0.3 is 0 Å². The van der Waals surface area contributed by atoms with Crippen molar-refractivity contribution in [3.05, 3.63) is 75.8 Å². The third-order valence-electron chi connectivity index (χ3n) is 5.59. The Morgan fingerprint density at radius 1 is 1.14 bits per heavy atom. The normalized spacial score (nSPS) is 14.3. The molecule has 0 spiro atoms. The molecule has 0 bridgehead atoms. The molecule has 0 aliphatic heterocycles. The van der Waals surface area contributed by atoms with Crippen molar-refractivity contribution in [3.8, 4) is 5.75 Å². The number of halogens is 1. The third-order valence-corrected chi connectivity index (χ3v) is 5.59. The summed E-state index contributed by atoms with van der Waals surface area (Å²) in [6.45, 7) is 0.212. The van der Waals surface area contributed by atoms with Gasteiger partial charge < -0.3 is 14.6 Å². The minimum atomic E-state index is -0.381. The number of hydrogen-bond acceptors (Lipinski definition) is 3. The number of pyridine rings is 1. The van der Waals surface area contributed by atoms with Gasteiger partial charge in [-0.1, -0.05) is 12.8 Å². The smallest absolute Gasteiger partial charge is 0.254 e. The zero-order chi connectivity index (χ0) is 20.4. The number of carbonyl (C=O) groups is 1. The van der Waals surface area contributed by atoms with E-state index in [1.165, 1.54) is 24.3 Å². The number of nitrogens with zero attached hydrogens (tertiary/aromatic N) is 1. The Morgan fingerprint density at radius 3 is 2.55 bits per heavy atom. The number of hydrogen-bond donors (Lipinski definition) is 1. The summed E-state index contributed by atoms with van der Waals surface area (Å²) < 4.78 is 18.6. The van der Waals surface area contributed by atoms with E-state index in [-0.39, 0.29) is 29.9 Å². The van der Waals surface area contributed by atoms with E-state index >= 15 is 0 Å². The second kappa shape index (κ2) is 8.07. The first-order valence-corrected chi connectivity index (χ1v) is 9.81. The first-order chi connectivity index (χ1) is 14.0. The molecule has 29 heavy (non-hydrogen) atoms. The Balaban J connectivity index is 1.70. The molecule has 1 aliphatic rings. The predicted molar refractivity (Wildman–Crippen MR) is 110 cm³/mol. The molecule has 1 amide bonds. The van der Waals surface area contributed by atoms with E-state index in [4.69, 9.17) is 4.74 Å². The molecule has 2 aromatic carbocycles. The summed E-state index contributed by atoms with van der Waals surface area (Å²) in [6.07, 6.45) is 3.94. The van der Waals surface area contributed by atoms with Gasteiger partial charge in [0.05, 0.1) is 13.7 Å². The summed E-state index contributed by atoms with van der Waals surface area (Å²) >= 11 is 0. The molecular formula is C23H23FN2O3. The zero-order valence-corrected chi connectivity index (χ0v) is 16.3. The Kier molecular flexibility index (Phi) is 5.34. The minimum absolute atomic E-state index is 0.0768. The van der Waals surface area contributed by atoms with Crippen LogP contribution in [0.1, 0.15) is 41.6 Å². The van der Waals surface area contributed by atoms with Crippen LogP contribution in [0, 0.1) is 5.82 Å². The van der Waals surface area contributed by atoms with Gasteiger partial charge in [0, 0.05) is 28.1 Å². The second-order valence-corrected chi connectivity index (χ2v) is 7.46. The molecule has 1 saturated carbocycles. The summed E-state index contributed by atoms with van der Waals surface area (Å²) in [7, 11) is 1.59. The van der Waals surface area contributed by atoms with Crippen LogP contribution in [0.4, 0.5) is 4.39 Å². The van der Waals surface area contributed by atoms with Crippen molar-refractivity contribution in [2.75, 3.05) is 7.11 Å². The highest BCUT2D eigenvalue weighted by molar-refractivity contribution is 5.94. The highest BCUT2D eigenvalue weighted by Gasteiger charge is 2.28. The first kappa shape index (κ1) is 19.2. The van der Waals surface area contributed by atoms with Crippen LogP contribution in [0.5, 0.6) is 5.75 Å². The molecule has 0 radical (unpaired) electrons. The summed E-state index contributed by atoms with van der Waals surface area (Å²) in [6, 6.07) is 12.9. The zero-order valence-electron chi connectivity index (χ0n) is 16.3. The minimum Gasteiger partial charge on any atom is -0.497 e. The number of ether oxygens (including phenoxy) is 1. The maximum Gasteiger partial charge on any atom is 0.254 e. The van der Waals surface area contributed by atoms with E-state index in [9.17, 15) is 14.0 Å². The Morgan fingerprint density at radius 2 is 1.86 bits per heavy atom. The van der Waals surface area contributed by atoms with Crippen LogP contribution >= 0.6 is 0 Å². The van der Waals surface area contributed by atoms with Gasteiger partial charge in [-0.05, 0) is 61.4 Å². The fraction of sp³-hybridized carbons (Fsp3) is 0.304. The lowest BCUT2D eigenvalue weighted by molar-refractivity contribution is 0.0663. The molecule has 1 aromatic heterocycles. The van der Waals surface area contributed by atoms with E-state index in [1.54, 1.807) is 24.1 Å². The number of aromatic amines is 1. The van der Waals surface area contributed by atoms with Gasteiger partial charge in [-0.15, -0.1) is 0 Å². The van der Waals surface area contributed by atoms with Crippen LogP contribution in [0.2, 0.25) is 0 Å².